The molecule has 24 heavy (non-hydrogen) atoms. The zero-order valence-corrected chi connectivity index (χ0v) is 13.6. The van der Waals surface area contributed by atoms with Crippen LogP contribution in [0, 0.1) is 10.1 Å². The minimum Gasteiger partial charge on any atom is -0.469 e. The highest BCUT2D eigenvalue weighted by atomic mass is 16.6. The van der Waals surface area contributed by atoms with Gasteiger partial charge in [0.1, 0.15) is 5.69 Å². The molecule has 0 unspecified atom stereocenters. The molecule has 1 saturated heterocycles. The highest BCUT2D eigenvalue weighted by Crippen LogP contribution is 2.24. The van der Waals surface area contributed by atoms with Gasteiger partial charge in [0.25, 0.3) is 5.69 Å². The fraction of sp³-hybridized carbons (Fsp3) is 0.500. The number of esters is 1. The molecule has 2 rings (SSSR count). The molecule has 0 saturated carbocycles. The third-order valence-electron chi connectivity index (χ3n) is 4.10. The maximum Gasteiger partial charge on any atom is 0.307 e. The average Bonchev–Trinajstić information content (AvgIpc) is 2.56. The predicted molar refractivity (Wildman–Crippen MR) is 87.6 cm³/mol. The lowest BCUT2D eigenvalue weighted by molar-refractivity contribution is -0.383. The van der Waals surface area contributed by atoms with E-state index >= 15 is 0 Å². The van der Waals surface area contributed by atoms with Crippen LogP contribution in [0.2, 0.25) is 0 Å². The number of nitrogens with zero attached hydrogens (tertiary/aromatic N) is 2. The van der Waals surface area contributed by atoms with Gasteiger partial charge in [-0.05, 0) is 25.5 Å². The van der Waals surface area contributed by atoms with Crippen molar-refractivity contribution in [2.75, 3.05) is 25.5 Å². The molecular formula is C16H21N3O5. The van der Waals surface area contributed by atoms with E-state index in [-0.39, 0.29) is 42.3 Å². The Balaban J connectivity index is 2.00. The topological polar surface area (TPSA) is 102 Å². The summed E-state index contributed by atoms with van der Waals surface area (Å²) in [5.41, 5.74) is 0.0321. The van der Waals surface area contributed by atoms with Gasteiger partial charge in [0.05, 0.1) is 25.0 Å². The summed E-state index contributed by atoms with van der Waals surface area (Å²) in [6.07, 6.45) is 3.03. The first-order valence-corrected chi connectivity index (χ1v) is 7.85. The number of likely N-dealkylation sites (tertiary alicyclic amines) is 1. The summed E-state index contributed by atoms with van der Waals surface area (Å²) in [5, 5.41) is 13.6. The van der Waals surface area contributed by atoms with Crippen LogP contribution in [0.25, 0.3) is 0 Å². The van der Waals surface area contributed by atoms with Crippen molar-refractivity contribution in [3.05, 3.63) is 34.4 Å². The van der Waals surface area contributed by atoms with Crippen molar-refractivity contribution in [3.8, 4) is 0 Å². The van der Waals surface area contributed by atoms with E-state index in [1.807, 2.05) is 4.90 Å². The lowest BCUT2D eigenvalue weighted by Gasteiger charge is -2.34. The number of para-hydroxylation sites is 2. The van der Waals surface area contributed by atoms with Crippen molar-refractivity contribution in [3.63, 3.8) is 0 Å². The van der Waals surface area contributed by atoms with Gasteiger partial charge < -0.3 is 10.1 Å². The molecule has 1 aliphatic rings. The first-order valence-electron chi connectivity index (χ1n) is 7.85. The molecule has 1 heterocycles. The molecule has 1 aliphatic heterocycles. The first kappa shape index (κ1) is 17.9. The van der Waals surface area contributed by atoms with Crippen LogP contribution in [0.4, 0.5) is 11.4 Å². The number of hydrogen-bond donors (Lipinski definition) is 1. The van der Waals surface area contributed by atoms with Crippen molar-refractivity contribution in [2.24, 2.45) is 0 Å². The fourth-order valence-electron chi connectivity index (χ4n) is 2.89. The van der Waals surface area contributed by atoms with Gasteiger partial charge in [0, 0.05) is 12.1 Å². The van der Waals surface area contributed by atoms with Gasteiger partial charge in [-0.2, -0.15) is 0 Å². The van der Waals surface area contributed by atoms with Crippen LogP contribution < -0.4 is 5.32 Å². The van der Waals surface area contributed by atoms with Crippen molar-refractivity contribution < 1.29 is 19.2 Å². The van der Waals surface area contributed by atoms with Gasteiger partial charge in [-0.1, -0.05) is 18.6 Å². The van der Waals surface area contributed by atoms with Crippen LogP contribution in [0.1, 0.15) is 25.7 Å². The van der Waals surface area contributed by atoms with E-state index in [0.717, 1.165) is 19.3 Å². The van der Waals surface area contributed by atoms with Crippen LogP contribution in [0.5, 0.6) is 0 Å². The molecule has 0 spiro atoms. The Morgan fingerprint density at radius 1 is 1.38 bits per heavy atom. The summed E-state index contributed by atoms with van der Waals surface area (Å²) in [4.78, 5) is 36.2. The van der Waals surface area contributed by atoms with Crippen LogP contribution in [0.15, 0.2) is 24.3 Å². The van der Waals surface area contributed by atoms with Gasteiger partial charge in [0.15, 0.2) is 0 Å². The number of carbonyl (C=O) groups excluding carboxylic acids is 2. The molecule has 130 valence electrons. The predicted octanol–water partition coefficient (Wildman–Crippen LogP) is 1.95. The molecule has 0 bridgehead atoms. The number of piperidine rings is 1. The van der Waals surface area contributed by atoms with Crippen LogP contribution in [0.3, 0.4) is 0 Å². The minimum atomic E-state index is -0.531. The minimum absolute atomic E-state index is 0.0392. The van der Waals surface area contributed by atoms with Crippen LogP contribution in [-0.4, -0.2) is 47.9 Å². The third-order valence-corrected chi connectivity index (χ3v) is 4.10. The molecule has 8 heteroatoms. The van der Waals surface area contributed by atoms with E-state index in [4.69, 9.17) is 4.74 Å². The Hall–Kier alpha value is -2.48. The summed E-state index contributed by atoms with van der Waals surface area (Å²) in [7, 11) is 1.34. The Morgan fingerprint density at radius 3 is 2.83 bits per heavy atom. The van der Waals surface area contributed by atoms with E-state index in [9.17, 15) is 19.7 Å². The number of nitrogens with one attached hydrogen (secondary N) is 1. The molecular weight excluding hydrogens is 314 g/mol. The molecule has 8 nitrogen and oxygen atoms in total. The first-order chi connectivity index (χ1) is 11.5. The van der Waals surface area contributed by atoms with Gasteiger partial charge >= 0.3 is 5.97 Å². The Kier molecular flexibility index (Phi) is 6.25. The summed E-state index contributed by atoms with van der Waals surface area (Å²) in [6, 6.07) is 5.98. The highest BCUT2D eigenvalue weighted by Gasteiger charge is 2.27. The van der Waals surface area contributed by atoms with Gasteiger partial charge in [-0.25, -0.2) is 0 Å². The van der Waals surface area contributed by atoms with Crippen molar-refractivity contribution >= 4 is 23.3 Å². The maximum atomic E-state index is 12.3. The normalized spacial score (nSPS) is 18.0. The van der Waals surface area contributed by atoms with Crippen molar-refractivity contribution in [2.45, 2.75) is 31.7 Å². The SMILES string of the molecule is COC(=O)C[C@H]1CCCCN1CC(=O)Nc1ccccc1[N+](=O)[O-]. The summed E-state index contributed by atoms with van der Waals surface area (Å²) in [6.45, 7) is 0.805. The second-order valence-corrected chi connectivity index (χ2v) is 5.72. The monoisotopic (exact) mass is 335 g/mol. The standard InChI is InChI=1S/C16H21N3O5/c1-24-16(21)10-12-6-4-5-9-18(12)11-15(20)17-13-7-2-3-8-14(13)19(22)23/h2-3,7-8,12H,4-6,9-11H2,1H3,(H,17,20)/t12-/m1/s1. The quantitative estimate of drug-likeness (QED) is 0.484. The number of hydrogen-bond acceptors (Lipinski definition) is 6. The number of methoxy groups -OCH3 is 1. The lowest BCUT2D eigenvalue weighted by atomic mass is 9.99. The van der Waals surface area contributed by atoms with Gasteiger partial charge in [-0.15, -0.1) is 0 Å². The smallest absolute Gasteiger partial charge is 0.307 e. The van der Waals surface area contributed by atoms with E-state index in [0.29, 0.717) is 6.54 Å². The molecule has 1 aromatic carbocycles. The fourth-order valence-corrected chi connectivity index (χ4v) is 2.89. The number of nitro groups is 1. The van der Waals surface area contributed by atoms with Gasteiger partial charge in [-0.3, -0.25) is 24.6 Å². The van der Waals surface area contributed by atoms with E-state index in [1.165, 1.54) is 19.2 Å². The number of carbonyl (C=O) groups is 2. The Bertz CT molecular complexity index is 619. The summed E-state index contributed by atoms with van der Waals surface area (Å²) >= 11 is 0. The van der Waals surface area contributed by atoms with Crippen LogP contribution >= 0.6 is 0 Å². The molecule has 0 radical (unpaired) electrons. The Labute approximate surface area is 139 Å². The maximum absolute atomic E-state index is 12.3. The number of anilines is 1. The third kappa shape index (κ3) is 4.76. The average molecular weight is 335 g/mol. The zero-order chi connectivity index (χ0) is 17.5. The number of amides is 1. The van der Waals surface area contributed by atoms with Crippen molar-refractivity contribution in [1.29, 1.82) is 0 Å². The van der Waals surface area contributed by atoms with E-state index in [1.54, 1.807) is 12.1 Å². The molecule has 1 fully saturated rings. The molecule has 1 aromatic rings. The van der Waals surface area contributed by atoms with Gasteiger partial charge in [0.2, 0.25) is 5.91 Å². The second-order valence-electron chi connectivity index (χ2n) is 5.72. The van der Waals surface area contributed by atoms with E-state index in [2.05, 4.69) is 5.32 Å². The lowest BCUT2D eigenvalue weighted by Crippen LogP contribution is -2.45. The number of rotatable bonds is 6. The molecule has 0 aromatic heterocycles. The molecule has 1 atom stereocenters. The Morgan fingerprint density at radius 2 is 2.12 bits per heavy atom. The number of benzene rings is 1. The molecule has 0 aliphatic carbocycles. The van der Waals surface area contributed by atoms with E-state index < -0.39 is 4.92 Å². The van der Waals surface area contributed by atoms with Crippen molar-refractivity contribution in [1.82, 2.24) is 4.90 Å². The molecule has 1 amide bonds. The summed E-state index contributed by atoms with van der Waals surface area (Å²) in [5.74, 6) is -0.632. The second kappa shape index (κ2) is 8.39. The molecule has 1 N–H and O–H groups in total. The highest BCUT2D eigenvalue weighted by molar-refractivity contribution is 5.94. The largest absolute Gasteiger partial charge is 0.469 e. The number of nitro benzene ring substituents is 1. The van der Waals surface area contributed by atoms with Crippen LogP contribution in [-0.2, 0) is 14.3 Å². The summed E-state index contributed by atoms with van der Waals surface area (Å²) < 4.78 is 4.70. The number of ether oxygens (including phenoxy) is 1. The zero-order valence-electron chi connectivity index (χ0n) is 13.6.